The maximum absolute atomic E-state index is 11.0. The van der Waals surface area contributed by atoms with Gasteiger partial charge in [-0.15, -0.1) is 6.42 Å². The molecule has 0 atom stereocenters. The number of urea groups is 1. The first-order valence-electron chi connectivity index (χ1n) is 3.16. The van der Waals surface area contributed by atoms with Crippen molar-refractivity contribution in [3.05, 3.63) is 0 Å². The molecule has 12 heavy (non-hydrogen) atoms. The molecule has 0 aromatic carbocycles. The molecule has 0 spiro atoms. The van der Waals surface area contributed by atoms with Crippen LogP contribution in [0, 0.1) is 12.3 Å². The number of likely N-dealkylation sites (N-methyl/N-ethyl adjacent to an activating group) is 1. The minimum Gasteiger partial charge on any atom is -0.263 e. The van der Waals surface area contributed by atoms with Gasteiger partial charge in [-0.25, -0.2) is 9.69 Å². The maximum Gasteiger partial charge on any atom is 0.334 e. The van der Waals surface area contributed by atoms with Gasteiger partial charge in [-0.3, -0.25) is 14.5 Å². The molecule has 0 aromatic rings. The van der Waals surface area contributed by atoms with Gasteiger partial charge in [-0.05, 0) is 0 Å². The fourth-order valence-corrected chi connectivity index (χ4v) is 0.844. The summed E-state index contributed by atoms with van der Waals surface area (Å²) in [6.45, 7) is -0.159. The van der Waals surface area contributed by atoms with Crippen molar-refractivity contribution in [3.8, 4) is 12.3 Å². The Morgan fingerprint density at radius 3 is 2.25 bits per heavy atom. The predicted octanol–water partition coefficient (Wildman–Crippen LogP) is -0.960. The van der Waals surface area contributed by atoms with Crippen molar-refractivity contribution in [2.24, 2.45) is 0 Å². The molecule has 0 aliphatic carbocycles. The van der Waals surface area contributed by atoms with Gasteiger partial charge in [-0.2, -0.15) is 0 Å². The first kappa shape index (κ1) is 8.27. The normalized spacial score (nSPS) is 17.2. The molecule has 0 radical (unpaired) electrons. The van der Waals surface area contributed by atoms with Crippen LogP contribution in [0.15, 0.2) is 0 Å². The second-order valence-corrected chi connectivity index (χ2v) is 2.24. The van der Waals surface area contributed by atoms with Gasteiger partial charge in [0.1, 0.15) is 0 Å². The van der Waals surface area contributed by atoms with Crippen LogP contribution in [0.25, 0.3) is 0 Å². The standard InChI is InChI=1S/C7H6N2O3/c1-3-4-9-6(11)5(10)8(2)7(9)12/h1H,4H2,2H3. The molecule has 0 aromatic heterocycles. The van der Waals surface area contributed by atoms with Crippen molar-refractivity contribution in [3.63, 3.8) is 0 Å². The third-order valence-corrected chi connectivity index (χ3v) is 1.50. The van der Waals surface area contributed by atoms with Crippen molar-refractivity contribution >= 4 is 17.8 Å². The van der Waals surface area contributed by atoms with Crippen LogP contribution in [0.5, 0.6) is 0 Å². The van der Waals surface area contributed by atoms with Gasteiger partial charge in [0.05, 0.1) is 6.54 Å². The number of terminal acetylenes is 1. The molecule has 1 fully saturated rings. The lowest BCUT2D eigenvalue weighted by Gasteiger charge is -2.07. The Balaban J connectivity index is 2.93. The Morgan fingerprint density at radius 2 is 1.92 bits per heavy atom. The number of carbonyl (C=O) groups is 3. The molecular weight excluding hydrogens is 160 g/mol. The fraction of sp³-hybridized carbons (Fsp3) is 0.286. The van der Waals surface area contributed by atoms with Gasteiger partial charge >= 0.3 is 17.8 Å². The molecule has 62 valence electrons. The predicted molar refractivity (Wildman–Crippen MR) is 38.7 cm³/mol. The summed E-state index contributed by atoms with van der Waals surface area (Å²) in [6.07, 6.45) is 4.90. The van der Waals surface area contributed by atoms with Crippen LogP contribution >= 0.6 is 0 Å². The van der Waals surface area contributed by atoms with E-state index in [4.69, 9.17) is 6.42 Å². The Hall–Kier alpha value is -1.83. The molecule has 0 saturated carbocycles. The third-order valence-electron chi connectivity index (χ3n) is 1.50. The van der Waals surface area contributed by atoms with Crippen molar-refractivity contribution in [1.82, 2.24) is 9.80 Å². The molecule has 1 heterocycles. The van der Waals surface area contributed by atoms with E-state index in [0.717, 1.165) is 9.80 Å². The third kappa shape index (κ3) is 0.937. The first-order valence-corrected chi connectivity index (χ1v) is 3.16. The average Bonchev–Trinajstić information content (AvgIpc) is 2.23. The van der Waals surface area contributed by atoms with Gasteiger partial charge in [0.15, 0.2) is 0 Å². The van der Waals surface area contributed by atoms with E-state index in [9.17, 15) is 14.4 Å². The Morgan fingerprint density at radius 1 is 1.33 bits per heavy atom. The van der Waals surface area contributed by atoms with Gasteiger partial charge in [0, 0.05) is 7.05 Å². The van der Waals surface area contributed by atoms with E-state index in [1.54, 1.807) is 0 Å². The Bertz CT molecular complexity index is 302. The summed E-state index contributed by atoms with van der Waals surface area (Å²) in [6, 6.07) is -0.664. The van der Waals surface area contributed by atoms with Gasteiger partial charge in [-0.1, -0.05) is 5.92 Å². The zero-order chi connectivity index (χ0) is 9.30. The van der Waals surface area contributed by atoms with Gasteiger partial charge in [0.25, 0.3) is 0 Å². The summed E-state index contributed by atoms with van der Waals surface area (Å²) in [4.78, 5) is 34.3. The summed E-state index contributed by atoms with van der Waals surface area (Å²) >= 11 is 0. The van der Waals surface area contributed by atoms with E-state index in [1.165, 1.54) is 7.05 Å². The zero-order valence-corrected chi connectivity index (χ0v) is 6.40. The van der Waals surface area contributed by atoms with Crippen molar-refractivity contribution < 1.29 is 14.4 Å². The fourth-order valence-electron chi connectivity index (χ4n) is 0.844. The second-order valence-electron chi connectivity index (χ2n) is 2.24. The summed E-state index contributed by atoms with van der Waals surface area (Å²) in [7, 11) is 1.24. The van der Waals surface area contributed by atoms with E-state index in [2.05, 4.69) is 5.92 Å². The average molecular weight is 166 g/mol. The van der Waals surface area contributed by atoms with Crippen LogP contribution in [0.1, 0.15) is 0 Å². The number of amides is 4. The Labute approximate surface area is 68.9 Å². The quantitative estimate of drug-likeness (QED) is 0.286. The minimum absolute atomic E-state index is 0.159. The highest BCUT2D eigenvalue weighted by atomic mass is 16.2. The van der Waals surface area contributed by atoms with Crippen LogP contribution in [0.3, 0.4) is 0 Å². The molecule has 0 bridgehead atoms. The zero-order valence-electron chi connectivity index (χ0n) is 6.40. The smallest absolute Gasteiger partial charge is 0.263 e. The topological polar surface area (TPSA) is 57.7 Å². The van der Waals surface area contributed by atoms with Crippen molar-refractivity contribution in [2.75, 3.05) is 13.6 Å². The SMILES string of the molecule is C#CCN1C(=O)C(=O)N(C)C1=O. The second kappa shape index (κ2) is 2.66. The summed E-state index contributed by atoms with van der Waals surface area (Å²) in [5.41, 5.74) is 0. The number of carbonyl (C=O) groups excluding carboxylic acids is 3. The van der Waals surface area contributed by atoms with Gasteiger partial charge in [0.2, 0.25) is 0 Å². The number of rotatable bonds is 1. The molecule has 0 N–H and O–H groups in total. The lowest BCUT2D eigenvalue weighted by molar-refractivity contribution is -0.142. The molecule has 1 saturated heterocycles. The van der Waals surface area contributed by atoms with Crippen LogP contribution in [-0.2, 0) is 9.59 Å². The lowest BCUT2D eigenvalue weighted by atomic mass is 10.5. The van der Waals surface area contributed by atoms with E-state index in [0.29, 0.717) is 0 Å². The Kier molecular flexibility index (Phi) is 1.83. The maximum atomic E-state index is 11.0. The number of hydrogen-bond donors (Lipinski definition) is 0. The highest BCUT2D eigenvalue weighted by Crippen LogP contribution is 2.07. The molecule has 5 nitrogen and oxygen atoms in total. The number of nitrogens with zero attached hydrogens (tertiary/aromatic N) is 2. The van der Waals surface area contributed by atoms with Crippen LogP contribution in [-0.4, -0.2) is 41.2 Å². The lowest BCUT2D eigenvalue weighted by Crippen LogP contribution is -2.31. The summed E-state index contributed by atoms with van der Waals surface area (Å²) < 4.78 is 0. The molecule has 5 heteroatoms. The van der Waals surface area contributed by atoms with Crippen molar-refractivity contribution in [2.45, 2.75) is 0 Å². The van der Waals surface area contributed by atoms with Gasteiger partial charge < -0.3 is 0 Å². The van der Waals surface area contributed by atoms with Crippen molar-refractivity contribution in [1.29, 1.82) is 0 Å². The summed E-state index contributed by atoms with van der Waals surface area (Å²) in [5.74, 6) is 0.419. The van der Waals surface area contributed by atoms with Crippen LogP contribution in [0.4, 0.5) is 4.79 Å². The number of imide groups is 2. The number of hydrogen-bond acceptors (Lipinski definition) is 3. The van der Waals surface area contributed by atoms with E-state index >= 15 is 0 Å². The molecular formula is C7H6N2O3. The molecule has 4 amide bonds. The van der Waals surface area contributed by atoms with E-state index < -0.39 is 17.8 Å². The van der Waals surface area contributed by atoms with Crippen LogP contribution in [0.2, 0.25) is 0 Å². The summed E-state index contributed by atoms with van der Waals surface area (Å²) in [5, 5.41) is 0. The first-order chi connectivity index (χ1) is 5.59. The minimum atomic E-state index is -0.861. The van der Waals surface area contributed by atoms with Crippen LogP contribution < -0.4 is 0 Å². The highest BCUT2D eigenvalue weighted by molar-refractivity contribution is 6.44. The monoisotopic (exact) mass is 166 g/mol. The molecule has 1 rings (SSSR count). The highest BCUT2D eigenvalue weighted by Gasteiger charge is 2.41. The van der Waals surface area contributed by atoms with E-state index in [-0.39, 0.29) is 6.54 Å². The molecule has 0 unspecified atom stereocenters. The molecule has 1 aliphatic rings. The van der Waals surface area contributed by atoms with E-state index in [1.807, 2.05) is 0 Å². The molecule has 1 aliphatic heterocycles. The largest absolute Gasteiger partial charge is 0.334 e.